The van der Waals surface area contributed by atoms with E-state index in [0.29, 0.717) is 34.8 Å². The first kappa shape index (κ1) is 22.2. The maximum absolute atomic E-state index is 13.8. The number of benzene rings is 3. The Morgan fingerprint density at radius 3 is 2.56 bits per heavy atom. The Labute approximate surface area is 201 Å². The number of rotatable bonds is 5. The lowest BCUT2D eigenvalue weighted by Gasteiger charge is -2.22. The number of aliphatic hydroxyl groups is 1. The number of aromatic nitrogens is 2. The van der Waals surface area contributed by atoms with Crippen LogP contribution in [0.15, 0.2) is 72.8 Å². The van der Waals surface area contributed by atoms with Crippen LogP contribution in [-0.2, 0) is 24.1 Å². The van der Waals surface area contributed by atoms with E-state index in [2.05, 4.69) is 5.32 Å². The first-order chi connectivity index (χ1) is 16.5. The number of hydrogen-bond acceptors (Lipinski definition) is 4. The number of carbonyl (C=O) groups excluding carboxylic acids is 1. The van der Waals surface area contributed by atoms with Crippen LogP contribution in [-0.4, -0.2) is 21.0 Å². The molecular weight excluding hydrogens is 453 g/mol. The third-order valence-corrected chi connectivity index (χ3v) is 6.11. The first-order valence-corrected chi connectivity index (χ1v) is 11.3. The van der Waals surface area contributed by atoms with Gasteiger partial charge in [0.05, 0.1) is 17.8 Å². The summed E-state index contributed by atoms with van der Waals surface area (Å²) in [6.45, 7) is 0. The van der Waals surface area contributed by atoms with Crippen molar-refractivity contribution in [2.75, 3.05) is 5.32 Å². The van der Waals surface area contributed by atoms with Crippen LogP contribution >= 0.6 is 11.6 Å². The lowest BCUT2D eigenvalue weighted by atomic mass is 9.91. The van der Waals surface area contributed by atoms with Crippen LogP contribution in [0.1, 0.15) is 34.2 Å². The minimum atomic E-state index is -1.10. The van der Waals surface area contributed by atoms with Crippen LogP contribution in [0, 0.1) is 5.82 Å². The molecule has 0 radical (unpaired) electrons. The van der Waals surface area contributed by atoms with Gasteiger partial charge in [0.2, 0.25) is 5.91 Å². The zero-order valence-corrected chi connectivity index (χ0v) is 18.9. The highest BCUT2D eigenvalue weighted by Crippen LogP contribution is 2.35. The van der Waals surface area contributed by atoms with Crippen molar-refractivity contribution in [3.05, 3.63) is 112 Å². The van der Waals surface area contributed by atoms with E-state index < -0.39 is 6.10 Å². The lowest BCUT2D eigenvalue weighted by molar-refractivity contribution is -0.115. The summed E-state index contributed by atoms with van der Waals surface area (Å²) >= 11 is 5.94. The third kappa shape index (κ3) is 4.55. The van der Waals surface area contributed by atoms with Crippen molar-refractivity contribution < 1.29 is 14.3 Å². The quantitative estimate of drug-likeness (QED) is 0.412. The van der Waals surface area contributed by atoms with E-state index in [1.54, 1.807) is 42.5 Å². The molecule has 4 aromatic rings. The van der Waals surface area contributed by atoms with E-state index >= 15 is 0 Å². The van der Waals surface area contributed by atoms with Crippen LogP contribution in [0.3, 0.4) is 0 Å². The van der Waals surface area contributed by atoms with Crippen molar-refractivity contribution >= 4 is 23.3 Å². The number of nitrogens with one attached hydrogen (secondary N) is 1. The van der Waals surface area contributed by atoms with E-state index in [-0.39, 0.29) is 29.7 Å². The summed E-state index contributed by atoms with van der Waals surface area (Å²) in [7, 11) is 0. The average Bonchev–Trinajstić information content (AvgIpc) is 2.85. The predicted molar refractivity (Wildman–Crippen MR) is 129 cm³/mol. The number of carbonyl (C=O) groups is 1. The topological polar surface area (TPSA) is 75.1 Å². The molecule has 5 nitrogen and oxygen atoms in total. The summed E-state index contributed by atoms with van der Waals surface area (Å²) < 4.78 is 13.8. The molecular formula is C27H21ClFN3O2. The molecule has 1 aromatic heterocycles. The molecule has 0 bridgehead atoms. The minimum Gasteiger partial charge on any atom is -0.382 e. The summed E-state index contributed by atoms with van der Waals surface area (Å²) in [6.07, 6.45) is 0.197. The van der Waals surface area contributed by atoms with Gasteiger partial charge in [-0.1, -0.05) is 54.1 Å². The van der Waals surface area contributed by atoms with Crippen LogP contribution in [0.2, 0.25) is 5.02 Å². The molecule has 170 valence electrons. The second kappa shape index (κ2) is 9.33. The molecule has 2 N–H and O–H groups in total. The van der Waals surface area contributed by atoms with Crippen LogP contribution < -0.4 is 5.32 Å². The molecule has 1 aliphatic rings. The van der Waals surface area contributed by atoms with Gasteiger partial charge in [0.25, 0.3) is 0 Å². The fourth-order valence-electron chi connectivity index (χ4n) is 4.17. The molecule has 0 fully saturated rings. The van der Waals surface area contributed by atoms with Crippen molar-refractivity contribution in [3.63, 3.8) is 0 Å². The Morgan fingerprint density at radius 1 is 1.03 bits per heavy atom. The zero-order valence-electron chi connectivity index (χ0n) is 18.1. The van der Waals surface area contributed by atoms with Gasteiger partial charge in [0, 0.05) is 10.6 Å². The monoisotopic (exact) mass is 473 g/mol. The number of nitrogens with zero attached hydrogens (tertiary/aromatic N) is 2. The van der Waals surface area contributed by atoms with Gasteiger partial charge in [-0.25, -0.2) is 14.4 Å². The number of fused-ring (bicyclic) bond motifs is 3. The molecule has 1 atom stereocenters. The molecule has 3 aromatic carbocycles. The number of aliphatic hydroxyl groups excluding tert-OH is 1. The Bertz CT molecular complexity index is 1360. The molecule has 0 saturated heterocycles. The number of aryl methyl sites for hydroxylation is 2. The van der Waals surface area contributed by atoms with Crippen molar-refractivity contribution in [1.82, 2.24) is 9.97 Å². The van der Waals surface area contributed by atoms with Crippen LogP contribution in [0.5, 0.6) is 0 Å². The van der Waals surface area contributed by atoms with Crippen molar-refractivity contribution in [2.45, 2.75) is 25.4 Å². The highest BCUT2D eigenvalue weighted by molar-refractivity contribution is 6.30. The minimum absolute atomic E-state index is 0.124. The second-order valence-corrected chi connectivity index (χ2v) is 8.66. The average molecular weight is 474 g/mol. The highest BCUT2D eigenvalue weighted by atomic mass is 35.5. The van der Waals surface area contributed by atoms with Gasteiger partial charge in [0.15, 0.2) is 5.82 Å². The standard InChI is InChI=1S/C27H21ClFN3O2/c28-19-9-6-16(7-10-19)14-23(33)31-27-25(26(34)17-4-2-1-3-5-17)32-24-21-12-11-20(29)15-18(21)8-13-22(24)30-27/h1-7,9-12,15,26,34H,8,13-14H2,(H,30,31,33). The van der Waals surface area contributed by atoms with E-state index in [0.717, 1.165) is 16.7 Å². The summed E-state index contributed by atoms with van der Waals surface area (Å²) in [4.78, 5) is 22.3. The van der Waals surface area contributed by atoms with Crippen molar-refractivity contribution in [1.29, 1.82) is 0 Å². The molecule has 1 heterocycles. The molecule has 7 heteroatoms. The Hall–Kier alpha value is -3.61. The summed E-state index contributed by atoms with van der Waals surface area (Å²) in [6, 6.07) is 20.7. The van der Waals surface area contributed by atoms with Gasteiger partial charge in [-0.15, -0.1) is 0 Å². The molecule has 1 unspecified atom stereocenters. The SMILES string of the molecule is O=C(Cc1ccc(Cl)cc1)Nc1nc2c(nc1C(O)c1ccccc1)-c1ccc(F)cc1CC2. The third-order valence-electron chi connectivity index (χ3n) is 5.86. The maximum atomic E-state index is 13.8. The molecule has 1 amide bonds. The number of amides is 1. The van der Waals surface area contributed by atoms with Crippen LogP contribution in [0.25, 0.3) is 11.3 Å². The van der Waals surface area contributed by atoms with E-state index in [1.165, 1.54) is 12.1 Å². The summed E-state index contributed by atoms with van der Waals surface area (Å²) in [5, 5.41) is 14.6. The number of hydrogen-bond donors (Lipinski definition) is 2. The predicted octanol–water partition coefficient (Wildman–Crippen LogP) is 5.30. The molecule has 0 aliphatic heterocycles. The second-order valence-electron chi connectivity index (χ2n) is 8.22. The van der Waals surface area contributed by atoms with Gasteiger partial charge in [0.1, 0.15) is 17.6 Å². The number of anilines is 1. The lowest BCUT2D eigenvalue weighted by Crippen LogP contribution is -2.21. The maximum Gasteiger partial charge on any atom is 0.229 e. The van der Waals surface area contributed by atoms with Crippen molar-refractivity contribution in [3.8, 4) is 11.3 Å². The fraction of sp³-hybridized carbons (Fsp3) is 0.148. The molecule has 0 spiro atoms. The van der Waals surface area contributed by atoms with E-state index in [1.807, 2.05) is 18.2 Å². The Kier molecular flexibility index (Phi) is 6.09. The van der Waals surface area contributed by atoms with E-state index in [9.17, 15) is 14.3 Å². The van der Waals surface area contributed by atoms with Crippen molar-refractivity contribution in [2.24, 2.45) is 0 Å². The molecule has 1 aliphatic carbocycles. The van der Waals surface area contributed by atoms with Crippen LogP contribution in [0.4, 0.5) is 10.2 Å². The van der Waals surface area contributed by atoms with Gasteiger partial charge < -0.3 is 10.4 Å². The fourth-order valence-corrected chi connectivity index (χ4v) is 4.29. The molecule has 34 heavy (non-hydrogen) atoms. The Balaban J connectivity index is 1.54. The normalized spacial score (nSPS) is 13.0. The molecule has 5 rings (SSSR count). The Morgan fingerprint density at radius 2 is 1.79 bits per heavy atom. The smallest absolute Gasteiger partial charge is 0.229 e. The summed E-state index contributed by atoms with van der Waals surface area (Å²) in [5.41, 5.74) is 4.60. The highest BCUT2D eigenvalue weighted by Gasteiger charge is 2.26. The number of halogens is 2. The van der Waals surface area contributed by atoms with Gasteiger partial charge >= 0.3 is 0 Å². The van der Waals surface area contributed by atoms with E-state index in [4.69, 9.17) is 21.6 Å². The zero-order chi connectivity index (χ0) is 23.7. The van der Waals surface area contributed by atoms with Gasteiger partial charge in [-0.3, -0.25) is 4.79 Å². The van der Waals surface area contributed by atoms with Gasteiger partial charge in [-0.05, 0) is 59.9 Å². The van der Waals surface area contributed by atoms with Gasteiger partial charge in [-0.2, -0.15) is 0 Å². The first-order valence-electron chi connectivity index (χ1n) is 10.9. The molecule has 0 saturated carbocycles. The summed E-state index contributed by atoms with van der Waals surface area (Å²) in [5.74, 6) is -0.359. The largest absolute Gasteiger partial charge is 0.382 e.